The predicted molar refractivity (Wildman–Crippen MR) is 108 cm³/mol. The van der Waals surface area contributed by atoms with Crippen LogP contribution in [0.1, 0.15) is 98.8 Å². The van der Waals surface area contributed by atoms with Crippen LogP contribution in [-0.2, 0) is 18.0 Å². The second-order valence-electron chi connectivity index (χ2n) is 6.71. The zero-order chi connectivity index (χ0) is 18.8. The van der Waals surface area contributed by atoms with E-state index in [1.165, 1.54) is 0 Å². The van der Waals surface area contributed by atoms with Gasteiger partial charge in [0.05, 0.1) is 0 Å². The Morgan fingerprint density at radius 2 is 0.960 bits per heavy atom. The molecule has 0 radical (unpaired) electrons. The highest BCUT2D eigenvalue weighted by molar-refractivity contribution is 6.62. The minimum absolute atomic E-state index is 0.0328. The minimum atomic E-state index is -2.83. The van der Waals surface area contributed by atoms with Crippen LogP contribution < -0.4 is 0 Å². The predicted octanol–water partition coefficient (Wildman–Crippen LogP) is 5.90. The van der Waals surface area contributed by atoms with Gasteiger partial charge in [-0.25, -0.2) is 0 Å². The van der Waals surface area contributed by atoms with Crippen LogP contribution in [0, 0.1) is 0 Å². The van der Waals surface area contributed by atoms with Gasteiger partial charge < -0.3 is 18.0 Å². The van der Waals surface area contributed by atoms with E-state index in [1.54, 1.807) is 0 Å². The highest BCUT2D eigenvalue weighted by Gasteiger charge is 2.50. The summed E-state index contributed by atoms with van der Waals surface area (Å²) < 4.78 is 25.4. The first-order valence-corrected chi connectivity index (χ1v) is 12.5. The third-order valence-electron chi connectivity index (χ3n) is 4.17. The smallest absolute Gasteiger partial charge is 0.374 e. The maximum absolute atomic E-state index is 6.38. The topological polar surface area (TPSA) is 36.9 Å². The number of hydrogen-bond acceptors (Lipinski definition) is 4. The summed E-state index contributed by atoms with van der Waals surface area (Å²) in [6, 6.07) is 0. The monoisotopic (exact) mass is 376 g/mol. The quantitative estimate of drug-likeness (QED) is 0.208. The lowest BCUT2D eigenvalue weighted by molar-refractivity contribution is -0.0206. The molecule has 0 N–H and O–H groups in total. The lowest BCUT2D eigenvalue weighted by Crippen LogP contribution is -2.58. The Balaban J connectivity index is 5.19. The van der Waals surface area contributed by atoms with Crippen molar-refractivity contribution in [2.75, 3.05) is 26.4 Å². The maximum atomic E-state index is 6.38. The first kappa shape index (κ1) is 25.1. The molecule has 0 heterocycles. The van der Waals surface area contributed by atoms with Crippen LogP contribution in [0.2, 0.25) is 0 Å². The second kappa shape index (κ2) is 17.5. The number of hydrogen-bond donors (Lipinski definition) is 0. The normalized spacial score (nSPS) is 13.3. The van der Waals surface area contributed by atoms with Crippen molar-refractivity contribution in [3.8, 4) is 0 Å². The van der Waals surface area contributed by atoms with Gasteiger partial charge in [-0.1, -0.05) is 66.7 Å². The Morgan fingerprint density at radius 1 is 0.560 bits per heavy atom. The van der Waals surface area contributed by atoms with Crippen molar-refractivity contribution in [2.45, 2.75) is 105 Å². The molecule has 152 valence electrons. The molecule has 25 heavy (non-hydrogen) atoms. The lowest BCUT2D eigenvalue weighted by atomic mass is 10.3. The lowest BCUT2D eigenvalue weighted by Gasteiger charge is -2.36. The van der Waals surface area contributed by atoms with Crippen molar-refractivity contribution < 1.29 is 18.0 Å². The van der Waals surface area contributed by atoms with Crippen LogP contribution >= 0.6 is 0 Å². The standard InChI is InChI=1S/C20H44O4Si/c1-6-11-16-21-20(15-10-5)25(22-17-12-7-2,23-18-13-8-3)24-19-14-9-4/h20H,6-19H2,1-5H3. The fraction of sp³-hybridized carbons (Fsp3) is 1.00. The Labute approximate surface area is 158 Å². The largest absolute Gasteiger partial charge is 0.531 e. The molecule has 0 amide bonds. The molecular formula is C20H44O4Si. The van der Waals surface area contributed by atoms with Gasteiger partial charge in [-0.15, -0.1) is 0 Å². The average Bonchev–Trinajstić information content (AvgIpc) is 2.61. The van der Waals surface area contributed by atoms with E-state index in [9.17, 15) is 0 Å². The van der Waals surface area contributed by atoms with Crippen LogP contribution in [0.4, 0.5) is 0 Å². The number of unbranched alkanes of at least 4 members (excludes halogenated alkanes) is 4. The molecule has 0 fully saturated rings. The summed E-state index contributed by atoms with van der Waals surface area (Å²) >= 11 is 0. The molecule has 5 heteroatoms. The third kappa shape index (κ3) is 11.4. The first-order valence-electron chi connectivity index (χ1n) is 10.7. The van der Waals surface area contributed by atoms with Crippen molar-refractivity contribution in [3.05, 3.63) is 0 Å². The van der Waals surface area contributed by atoms with Crippen LogP contribution in [0.25, 0.3) is 0 Å². The first-order chi connectivity index (χ1) is 12.2. The molecule has 0 bridgehead atoms. The summed E-state index contributed by atoms with van der Waals surface area (Å²) in [5.74, 6) is 0. The van der Waals surface area contributed by atoms with Crippen molar-refractivity contribution in [2.24, 2.45) is 0 Å². The van der Waals surface area contributed by atoms with Crippen molar-refractivity contribution >= 4 is 8.80 Å². The zero-order valence-electron chi connectivity index (χ0n) is 17.6. The third-order valence-corrected chi connectivity index (χ3v) is 7.23. The van der Waals surface area contributed by atoms with E-state index in [0.717, 1.165) is 70.8 Å². The summed E-state index contributed by atoms with van der Waals surface area (Å²) in [6.45, 7) is 13.8. The Kier molecular flexibility index (Phi) is 17.5. The Bertz CT molecular complexity index is 250. The molecule has 0 rings (SSSR count). The molecule has 0 aromatic rings. The molecule has 0 aromatic heterocycles. The maximum Gasteiger partial charge on any atom is 0.531 e. The fourth-order valence-electron chi connectivity index (χ4n) is 2.47. The van der Waals surface area contributed by atoms with Gasteiger partial charge in [0.25, 0.3) is 0 Å². The van der Waals surface area contributed by atoms with Gasteiger partial charge >= 0.3 is 8.80 Å². The highest BCUT2D eigenvalue weighted by atomic mass is 28.4. The molecule has 0 aromatic carbocycles. The van der Waals surface area contributed by atoms with Crippen molar-refractivity contribution in [3.63, 3.8) is 0 Å². The van der Waals surface area contributed by atoms with Crippen LogP contribution in [0.5, 0.6) is 0 Å². The molecule has 0 saturated carbocycles. The van der Waals surface area contributed by atoms with Gasteiger partial charge in [-0.3, -0.25) is 0 Å². The summed E-state index contributed by atoms with van der Waals surface area (Å²) in [5, 5.41) is 0. The zero-order valence-corrected chi connectivity index (χ0v) is 18.6. The summed E-state index contributed by atoms with van der Waals surface area (Å²) in [7, 11) is -2.83. The minimum Gasteiger partial charge on any atom is -0.374 e. The summed E-state index contributed by atoms with van der Waals surface area (Å²) in [5.41, 5.74) is -0.0328. The van der Waals surface area contributed by atoms with Gasteiger partial charge in [-0.05, 0) is 32.1 Å². The molecule has 0 spiro atoms. The molecule has 0 aliphatic rings. The molecule has 1 unspecified atom stereocenters. The Hall–Kier alpha value is 0.0569. The van der Waals surface area contributed by atoms with E-state index >= 15 is 0 Å². The van der Waals surface area contributed by atoms with Crippen LogP contribution in [0.3, 0.4) is 0 Å². The summed E-state index contributed by atoms with van der Waals surface area (Å²) in [4.78, 5) is 0. The van der Waals surface area contributed by atoms with Crippen LogP contribution in [0.15, 0.2) is 0 Å². The van der Waals surface area contributed by atoms with E-state index in [-0.39, 0.29) is 5.73 Å². The number of ether oxygens (including phenoxy) is 1. The van der Waals surface area contributed by atoms with Gasteiger partial charge in [0.2, 0.25) is 0 Å². The van der Waals surface area contributed by atoms with Crippen LogP contribution in [-0.4, -0.2) is 41.0 Å². The second-order valence-corrected chi connectivity index (χ2v) is 9.43. The van der Waals surface area contributed by atoms with E-state index < -0.39 is 8.80 Å². The van der Waals surface area contributed by atoms with Gasteiger partial charge in [-0.2, -0.15) is 0 Å². The van der Waals surface area contributed by atoms with Gasteiger partial charge in [0.1, 0.15) is 5.73 Å². The van der Waals surface area contributed by atoms with Crippen molar-refractivity contribution in [1.82, 2.24) is 0 Å². The van der Waals surface area contributed by atoms with E-state index in [0.29, 0.717) is 19.8 Å². The highest BCUT2D eigenvalue weighted by Crippen LogP contribution is 2.24. The SMILES string of the molecule is CCCCOC(CCC)[Si](OCCCC)(OCCCC)OCCCC. The number of rotatable bonds is 19. The summed E-state index contributed by atoms with van der Waals surface area (Å²) in [6.07, 6.45) is 10.7. The van der Waals surface area contributed by atoms with E-state index in [2.05, 4.69) is 34.6 Å². The molecule has 0 saturated heterocycles. The van der Waals surface area contributed by atoms with E-state index in [4.69, 9.17) is 18.0 Å². The average molecular weight is 377 g/mol. The van der Waals surface area contributed by atoms with Crippen molar-refractivity contribution in [1.29, 1.82) is 0 Å². The fourth-order valence-corrected chi connectivity index (χ4v) is 5.53. The van der Waals surface area contributed by atoms with Gasteiger partial charge in [0.15, 0.2) is 0 Å². The molecule has 0 aliphatic carbocycles. The molecular weight excluding hydrogens is 332 g/mol. The van der Waals surface area contributed by atoms with E-state index in [1.807, 2.05) is 0 Å². The molecule has 0 aliphatic heterocycles. The molecule has 4 nitrogen and oxygen atoms in total. The van der Waals surface area contributed by atoms with Gasteiger partial charge in [0, 0.05) is 26.4 Å². The molecule has 1 atom stereocenters. The Morgan fingerprint density at radius 3 is 1.32 bits per heavy atom.